The predicted molar refractivity (Wildman–Crippen MR) is 98.5 cm³/mol. The second kappa shape index (κ2) is 7.69. The summed E-state index contributed by atoms with van der Waals surface area (Å²) in [6.07, 6.45) is 3.04. The van der Waals surface area contributed by atoms with E-state index in [0.29, 0.717) is 22.7 Å². The van der Waals surface area contributed by atoms with Crippen molar-refractivity contribution in [2.75, 3.05) is 17.7 Å². The summed E-state index contributed by atoms with van der Waals surface area (Å²) in [6.45, 7) is 0. The lowest BCUT2D eigenvalue weighted by Crippen LogP contribution is -2.14. The molecule has 27 heavy (non-hydrogen) atoms. The van der Waals surface area contributed by atoms with Crippen LogP contribution in [0.2, 0.25) is 0 Å². The minimum Gasteiger partial charge on any atom is -0.495 e. The molecular weight excluding hydrogens is 351 g/mol. The number of aryl methyl sites for hydroxylation is 1. The van der Waals surface area contributed by atoms with E-state index in [-0.39, 0.29) is 11.5 Å². The van der Waals surface area contributed by atoms with Crippen molar-refractivity contribution < 1.29 is 18.7 Å². The van der Waals surface area contributed by atoms with Gasteiger partial charge in [-0.2, -0.15) is 5.10 Å². The van der Waals surface area contributed by atoms with Gasteiger partial charge in [-0.1, -0.05) is 6.07 Å². The van der Waals surface area contributed by atoms with Crippen LogP contribution in [0.3, 0.4) is 0 Å². The molecule has 1 heterocycles. The largest absolute Gasteiger partial charge is 0.495 e. The number of ether oxygens (including phenoxy) is 1. The number of anilines is 2. The van der Waals surface area contributed by atoms with Crippen molar-refractivity contribution >= 4 is 23.2 Å². The van der Waals surface area contributed by atoms with Gasteiger partial charge in [0.15, 0.2) is 0 Å². The molecular formula is C19H17FN4O3. The fourth-order valence-electron chi connectivity index (χ4n) is 2.45. The Kier molecular flexibility index (Phi) is 5.16. The molecule has 2 amide bonds. The molecule has 3 aromatic rings. The van der Waals surface area contributed by atoms with Gasteiger partial charge in [0.1, 0.15) is 11.6 Å². The summed E-state index contributed by atoms with van der Waals surface area (Å²) in [5.41, 5.74) is 1.37. The smallest absolute Gasteiger partial charge is 0.258 e. The molecule has 0 atom stereocenters. The van der Waals surface area contributed by atoms with Gasteiger partial charge in [-0.3, -0.25) is 14.3 Å². The maximum absolute atomic E-state index is 13.3. The average Bonchev–Trinajstić information content (AvgIpc) is 3.08. The molecule has 138 valence electrons. The molecule has 0 saturated heterocycles. The van der Waals surface area contributed by atoms with Gasteiger partial charge in [0.25, 0.3) is 11.8 Å². The predicted octanol–water partition coefficient (Wildman–Crippen LogP) is 3.07. The normalized spacial score (nSPS) is 10.3. The molecule has 2 aromatic carbocycles. The number of rotatable bonds is 5. The molecule has 0 unspecified atom stereocenters. The summed E-state index contributed by atoms with van der Waals surface area (Å²) >= 11 is 0. The molecule has 1 aromatic heterocycles. The Hall–Kier alpha value is -3.68. The number of halogens is 1. The van der Waals surface area contributed by atoms with Crippen molar-refractivity contribution in [2.24, 2.45) is 7.05 Å². The topological polar surface area (TPSA) is 85.2 Å². The molecule has 0 radical (unpaired) electrons. The SMILES string of the molecule is COc1ccc(NC(=O)c2cnn(C)c2)cc1NC(=O)c1cccc(F)c1. The van der Waals surface area contributed by atoms with E-state index in [9.17, 15) is 14.0 Å². The van der Waals surface area contributed by atoms with Crippen LogP contribution in [0.5, 0.6) is 5.75 Å². The molecule has 0 bridgehead atoms. The average molecular weight is 368 g/mol. The van der Waals surface area contributed by atoms with E-state index in [1.165, 1.54) is 36.2 Å². The van der Waals surface area contributed by atoms with Crippen molar-refractivity contribution in [1.29, 1.82) is 0 Å². The molecule has 0 aliphatic heterocycles. The van der Waals surface area contributed by atoms with E-state index in [2.05, 4.69) is 15.7 Å². The highest BCUT2D eigenvalue weighted by molar-refractivity contribution is 6.07. The van der Waals surface area contributed by atoms with Crippen molar-refractivity contribution in [3.63, 3.8) is 0 Å². The molecule has 2 N–H and O–H groups in total. The molecule has 0 aliphatic rings. The van der Waals surface area contributed by atoms with Gasteiger partial charge in [-0.25, -0.2) is 4.39 Å². The van der Waals surface area contributed by atoms with Gasteiger partial charge in [-0.05, 0) is 36.4 Å². The third-order valence-electron chi connectivity index (χ3n) is 3.76. The summed E-state index contributed by atoms with van der Waals surface area (Å²) < 4.78 is 20.1. The van der Waals surface area contributed by atoms with Crippen molar-refractivity contribution in [2.45, 2.75) is 0 Å². The number of carbonyl (C=O) groups excluding carboxylic acids is 2. The number of nitrogens with one attached hydrogen (secondary N) is 2. The first-order valence-electron chi connectivity index (χ1n) is 8.01. The number of hydrogen-bond acceptors (Lipinski definition) is 4. The van der Waals surface area contributed by atoms with Gasteiger partial charge >= 0.3 is 0 Å². The summed E-state index contributed by atoms with van der Waals surface area (Å²) in [7, 11) is 3.17. The zero-order valence-corrected chi connectivity index (χ0v) is 14.7. The standard InChI is InChI=1S/C19H17FN4O3/c1-24-11-13(10-21-24)19(26)22-15-6-7-17(27-2)16(9-15)23-18(25)12-4-3-5-14(20)8-12/h3-11H,1-2H3,(H,22,26)(H,23,25). The van der Waals surface area contributed by atoms with Gasteiger partial charge in [0.05, 0.1) is 24.6 Å². The molecule has 7 nitrogen and oxygen atoms in total. The zero-order valence-electron chi connectivity index (χ0n) is 14.7. The van der Waals surface area contributed by atoms with E-state index in [0.717, 1.165) is 6.07 Å². The fraction of sp³-hybridized carbons (Fsp3) is 0.105. The Labute approximate surface area is 154 Å². The van der Waals surface area contributed by atoms with Crippen LogP contribution in [0.1, 0.15) is 20.7 Å². The number of aromatic nitrogens is 2. The lowest BCUT2D eigenvalue weighted by Gasteiger charge is -2.13. The van der Waals surface area contributed by atoms with Crippen LogP contribution in [-0.2, 0) is 7.05 Å². The number of benzene rings is 2. The van der Waals surface area contributed by atoms with Crippen molar-refractivity contribution in [3.8, 4) is 5.75 Å². The maximum atomic E-state index is 13.3. The van der Waals surface area contributed by atoms with Gasteiger partial charge in [0.2, 0.25) is 0 Å². The first-order chi connectivity index (χ1) is 13.0. The fourth-order valence-corrected chi connectivity index (χ4v) is 2.45. The summed E-state index contributed by atoms with van der Waals surface area (Å²) in [6, 6.07) is 10.2. The van der Waals surface area contributed by atoms with Crippen molar-refractivity contribution in [3.05, 3.63) is 71.8 Å². The van der Waals surface area contributed by atoms with Gasteiger partial charge in [0, 0.05) is 24.5 Å². The van der Waals surface area contributed by atoms with Crippen LogP contribution in [0.25, 0.3) is 0 Å². The van der Waals surface area contributed by atoms with E-state index in [1.54, 1.807) is 31.4 Å². The highest BCUT2D eigenvalue weighted by Gasteiger charge is 2.13. The van der Waals surface area contributed by atoms with Crippen LogP contribution in [0.4, 0.5) is 15.8 Å². The third-order valence-corrected chi connectivity index (χ3v) is 3.76. The Morgan fingerprint density at radius 3 is 2.52 bits per heavy atom. The summed E-state index contributed by atoms with van der Waals surface area (Å²) in [5, 5.41) is 9.34. The van der Waals surface area contributed by atoms with E-state index in [1.807, 2.05) is 0 Å². The minimum absolute atomic E-state index is 0.168. The first-order valence-corrected chi connectivity index (χ1v) is 8.01. The number of nitrogens with zero attached hydrogens (tertiary/aromatic N) is 2. The molecule has 0 aliphatic carbocycles. The minimum atomic E-state index is -0.507. The highest BCUT2D eigenvalue weighted by Crippen LogP contribution is 2.28. The molecule has 0 saturated carbocycles. The molecule has 8 heteroatoms. The Morgan fingerprint density at radius 2 is 1.85 bits per heavy atom. The number of carbonyl (C=O) groups is 2. The molecule has 0 spiro atoms. The van der Waals surface area contributed by atoms with Crippen molar-refractivity contribution in [1.82, 2.24) is 9.78 Å². The van der Waals surface area contributed by atoms with E-state index in [4.69, 9.17) is 4.74 Å². The Bertz CT molecular complexity index is 1000. The Morgan fingerprint density at radius 1 is 1.07 bits per heavy atom. The van der Waals surface area contributed by atoms with Gasteiger partial charge < -0.3 is 15.4 Å². The van der Waals surface area contributed by atoms with E-state index >= 15 is 0 Å². The van der Waals surface area contributed by atoms with Crippen LogP contribution < -0.4 is 15.4 Å². The van der Waals surface area contributed by atoms with Gasteiger partial charge in [-0.15, -0.1) is 0 Å². The lowest BCUT2D eigenvalue weighted by molar-refractivity contribution is 0.101. The Balaban J connectivity index is 1.81. The maximum Gasteiger partial charge on any atom is 0.258 e. The third kappa shape index (κ3) is 4.30. The highest BCUT2D eigenvalue weighted by atomic mass is 19.1. The number of methoxy groups -OCH3 is 1. The van der Waals surface area contributed by atoms with Crippen LogP contribution in [0, 0.1) is 5.82 Å². The van der Waals surface area contributed by atoms with E-state index < -0.39 is 11.7 Å². The first kappa shape index (κ1) is 18.1. The van der Waals surface area contributed by atoms with Crippen LogP contribution in [-0.4, -0.2) is 28.7 Å². The summed E-state index contributed by atoms with van der Waals surface area (Å²) in [5.74, 6) is -0.939. The van der Waals surface area contributed by atoms with Crippen LogP contribution >= 0.6 is 0 Å². The van der Waals surface area contributed by atoms with Crippen LogP contribution in [0.15, 0.2) is 54.9 Å². The number of amides is 2. The summed E-state index contributed by atoms with van der Waals surface area (Å²) in [4.78, 5) is 24.6. The second-order valence-corrected chi connectivity index (χ2v) is 5.74. The molecule has 3 rings (SSSR count). The lowest BCUT2D eigenvalue weighted by atomic mass is 10.2. The number of hydrogen-bond donors (Lipinski definition) is 2. The molecule has 0 fully saturated rings. The monoisotopic (exact) mass is 368 g/mol. The second-order valence-electron chi connectivity index (χ2n) is 5.74. The zero-order chi connectivity index (χ0) is 19.4. The quantitative estimate of drug-likeness (QED) is 0.725.